The van der Waals surface area contributed by atoms with Gasteiger partial charge in [0.2, 0.25) is 5.91 Å². The van der Waals surface area contributed by atoms with Crippen LogP contribution in [0.4, 0.5) is 11.5 Å². The molecule has 28 heavy (non-hydrogen) atoms. The first-order valence-electron chi connectivity index (χ1n) is 9.71. The number of piperidine rings is 1. The molecule has 1 amide bonds. The summed E-state index contributed by atoms with van der Waals surface area (Å²) in [5, 5.41) is 11.8. The topological polar surface area (TPSA) is 58.1 Å². The highest BCUT2D eigenvalue weighted by atomic mass is 16.1. The first kappa shape index (κ1) is 18.2. The quantitative estimate of drug-likeness (QED) is 0.741. The van der Waals surface area contributed by atoms with E-state index >= 15 is 0 Å². The van der Waals surface area contributed by atoms with Crippen molar-refractivity contribution >= 4 is 17.4 Å². The highest BCUT2D eigenvalue weighted by Crippen LogP contribution is 2.24. The van der Waals surface area contributed by atoms with E-state index in [0.29, 0.717) is 0 Å². The number of benzene rings is 2. The SMILES string of the molecule is Cc1ccc(NC(=O)C2CCN(c3ccc(-c4ccccc4)nn3)CC2)cc1. The van der Waals surface area contributed by atoms with Gasteiger partial charge in [-0.2, -0.15) is 0 Å². The number of anilines is 2. The molecule has 1 N–H and O–H groups in total. The number of aromatic nitrogens is 2. The zero-order chi connectivity index (χ0) is 19.3. The molecule has 4 rings (SSSR count). The van der Waals surface area contributed by atoms with Gasteiger partial charge in [-0.3, -0.25) is 4.79 Å². The number of nitrogens with zero attached hydrogens (tertiary/aromatic N) is 3. The zero-order valence-electron chi connectivity index (χ0n) is 16.0. The van der Waals surface area contributed by atoms with Crippen LogP contribution < -0.4 is 10.2 Å². The summed E-state index contributed by atoms with van der Waals surface area (Å²) < 4.78 is 0. The second-order valence-electron chi connectivity index (χ2n) is 7.26. The van der Waals surface area contributed by atoms with Crippen molar-refractivity contribution in [2.45, 2.75) is 19.8 Å². The lowest BCUT2D eigenvalue weighted by Gasteiger charge is -2.31. The van der Waals surface area contributed by atoms with Gasteiger partial charge in [-0.05, 0) is 44.0 Å². The van der Waals surface area contributed by atoms with Gasteiger partial charge in [-0.15, -0.1) is 10.2 Å². The largest absolute Gasteiger partial charge is 0.355 e. The molecule has 1 aliphatic rings. The van der Waals surface area contributed by atoms with E-state index in [1.807, 2.05) is 73.7 Å². The number of carbonyl (C=O) groups is 1. The van der Waals surface area contributed by atoms with Gasteiger partial charge in [0.1, 0.15) is 0 Å². The minimum atomic E-state index is 0.0362. The van der Waals surface area contributed by atoms with Gasteiger partial charge in [0, 0.05) is 30.3 Å². The van der Waals surface area contributed by atoms with Gasteiger partial charge in [0.25, 0.3) is 0 Å². The van der Waals surface area contributed by atoms with Crippen molar-refractivity contribution in [1.82, 2.24) is 10.2 Å². The third-order valence-corrected chi connectivity index (χ3v) is 5.23. The van der Waals surface area contributed by atoms with E-state index in [-0.39, 0.29) is 11.8 Å². The lowest BCUT2D eigenvalue weighted by Crippen LogP contribution is -2.38. The summed E-state index contributed by atoms with van der Waals surface area (Å²) >= 11 is 0. The van der Waals surface area contributed by atoms with E-state index < -0.39 is 0 Å². The summed E-state index contributed by atoms with van der Waals surface area (Å²) in [7, 11) is 0. The molecule has 1 saturated heterocycles. The zero-order valence-corrected chi connectivity index (χ0v) is 16.0. The lowest BCUT2D eigenvalue weighted by molar-refractivity contribution is -0.120. The van der Waals surface area contributed by atoms with Crippen molar-refractivity contribution in [3.63, 3.8) is 0 Å². The molecular weight excluding hydrogens is 348 g/mol. The van der Waals surface area contributed by atoms with Gasteiger partial charge >= 0.3 is 0 Å². The number of hydrogen-bond donors (Lipinski definition) is 1. The van der Waals surface area contributed by atoms with Gasteiger partial charge in [0.15, 0.2) is 5.82 Å². The summed E-state index contributed by atoms with van der Waals surface area (Å²) in [6.07, 6.45) is 1.64. The molecule has 0 radical (unpaired) electrons. The van der Waals surface area contributed by atoms with Gasteiger partial charge in [0.05, 0.1) is 5.69 Å². The van der Waals surface area contributed by atoms with Crippen LogP contribution in [0.25, 0.3) is 11.3 Å². The van der Waals surface area contributed by atoms with Crippen LogP contribution in [-0.2, 0) is 4.79 Å². The third-order valence-electron chi connectivity index (χ3n) is 5.23. The van der Waals surface area contributed by atoms with Crippen LogP contribution in [0.3, 0.4) is 0 Å². The van der Waals surface area contributed by atoms with Gasteiger partial charge < -0.3 is 10.2 Å². The second-order valence-corrected chi connectivity index (χ2v) is 7.26. The fourth-order valence-corrected chi connectivity index (χ4v) is 3.51. The molecule has 0 aliphatic carbocycles. The van der Waals surface area contributed by atoms with Crippen LogP contribution in [-0.4, -0.2) is 29.2 Å². The molecule has 1 fully saturated rings. The minimum absolute atomic E-state index is 0.0362. The van der Waals surface area contributed by atoms with Crippen molar-refractivity contribution in [3.8, 4) is 11.3 Å². The molecule has 5 nitrogen and oxygen atoms in total. The number of hydrogen-bond acceptors (Lipinski definition) is 4. The molecular formula is C23H24N4O. The number of carbonyl (C=O) groups excluding carboxylic acids is 1. The van der Waals surface area contributed by atoms with Crippen molar-refractivity contribution in [2.24, 2.45) is 5.92 Å². The average molecular weight is 372 g/mol. The molecule has 0 spiro atoms. The molecule has 0 bridgehead atoms. The average Bonchev–Trinajstić information content (AvgIpc) is 2.76. The summed E-state index contributed by atoms with van der Waals surface area (Å²) in [6.45, 7) is 3.66. The Morgan fingerprint density at radius 3 is 2.29 bits per heavy atom. The van der Waals surface area contributed by atoms with Crippen LogP contribution >= 0.6 is 0 Å². The van der Waals surface area contributed by atoms with Crippen molar-refractivity contribution in [1.29, 1.82) is 0 Å². The molecule has 0 atom stereocenters. The monoisotopic (exact) mass is 372 g/mol. The first-order valence-corrected chi connectivity index (χ1v) is 9.71. The smallest absolute Gasteiger partial charge is 0.227 e. The first-order chi connectivity index (χ1) is 13.7. The summed E-state index contributed by atoms with van der Waals surface area (Å²) in [4.78, 5) is 14.7. The maximum Gasteiger partial charge on any atom is 0.227 e. The van der Waals surface area contributed by atoms with Crippen LogP contribution in [0.15, 0.2) is 66.7 Å². The Labute approximate surface area is 165 Å². The Hall–Kier alpha value is -3.21. The maximum atomic E-state index is 12.5. The molecule has 142 valence electrons. The predicted molar refractivity (Wildman–Crippen MR) is 112 cm³/mol. The predicted octanol–water partition coefficient (Wildman–Crippen LogP) is 4.31. The van der Waals surface area contributed by atoms with E-state index in [0.717, 1.165) is 48.7 Å². The number of rotatable bonds is 4. The summed E-state index contributed by atoms with van der Waals surface area (Å²) in [5.41, 5.74) is 3.98. The van der Waals surface area contributed by atoms with E-state index in [1.54, 1.807) is 0 Å². The Morgan fingerprint density at radius 1 is 0.929 bits per heavy atom. The van der Waals surface area contributed by atoms with E-state index in [2.05, 4.69) is 20.4 Å². The maximum absolute atomic E-state index is 12.5. The molecule has 2 heterocycles. The Morgan fingerprint density at radius 2 is 1.64 bits per heavy atom. The number of nitrogens with one attached hydrogen (secondary N) is 1. The fraction of sp³-hybridized carbons (Fsp3) is 0.261. The second kappa shape index (κ2) is 8.21. The molecule has 5 heteroatoms. The molecule has 3 aromatic rings. The van der Waals surface area contributed by atoms with E-state index in [4.69, 9.17) is 0 Å². The van der Waals surface area contributed by atoms with Crippen molar-refractivity contribution < 1.29 is 4.79 Å². The Kier molecular flexibility index (Phi) is 5.33. The van der Waals surface area contributed by atoms with Gasteiger partial charge in [-0.1, -0.05) is 48.0 Å². The standard InChI is InChI=1S/C23H24N4O/c1-17-7-9-20(10-8-17)24-23(28)19-13-15-27(16-14-19)22-12-11-21(25-26-22)18-5-3-2-4-6-18/h2-12,19H,13-16H2,1H3,(H,24,28). The Bertz CT molecular complexity index is 915. The fourth-order valence-electron chi connectivity index (χ4n) is 3.51. The van der Waals surface area contributed by atoms with E-state index in [9.17, 15) is 4.79 Å². The van der Waals surface area contributed by atoms with Crippen molar-refractivity contribution in [2.75, 3.05) is 23.3 Å². The molecule has 2 aromatic carbocycles. The molecule has 1 aromatic heterocycles. The highest BCUT2D eigenvalue weighted by molar-refractivity contribution is 5.92. The van der Waals surface area contributed by atoms with E-state index in [1.165, 1.54) is 5.56 Å². The van der Waals surface area contributed by atoms with Crippen molar-refractivity contribution in [3.05, 3.63) is 72.3 Å². The van der Waals surface area contributed by atoms with Crippen LogP contribution in [0, 0.1) is 12.8 Å². The Balaban J connectivity index is 1.33. The lowest BCUT2D eigenvalue weighted by atomic mass is 9.95. The van der Waals surface area contributed by atoms with Crippen LogP contribution in [0.5, 0.6) is 0 Å². The normalized spacial score (nSPS) is 14.7. The molecule has 0 unspecified atom stereocenters. The third kappa shape index (κ3) is 4.19. The molecule has 0 saturated carbocycles. The highest BCUT2D eigenvalue weighted by Gasteiger charge is 2.25. The summed E-state index contributed by atoms with van der Waals surface area (Å²) in [5.74, 6) is 1.01. The van der Waals surface area contributed by atoms with Crippen LogP contribution in [0.1, 0.15) is 18.4 Å². The number of aryl methyl sites for hydroxylation is 1. The van der Waals surface area contributed by atoms with Crippen LogP contribution in [0.2, 0.25) is 0 Å². The summed E-state index contributed by atoms with van der Waals surface area (Å²) in [6, 6.07) is 22.0. The minimum Gasteiger partial charge on any atom is -0.355 e. The number of amides is 1. The van der Waals surface area contributed by atoms with Gasteiger partial charge in [-0.25, -0.2) is 0 Å². The molecule has 1 aliphatic heterocycles.